The van der Waals surface area contributed by atoms with Crippen LogP contribution >= 0.6 is 0 Å². The molecule has 0 fully saturated rings. The summed E-state index contributed by atoms with van der Waals surface area (Å²) in [6.45, 7) is 7.76. The lowest BCUT2D eigenvalue weighted by atomic mass is 9.97. The van der Waals surface area contributed by atoms with Crippen LogP contribution in [0.25, 0.3) is 0 Å². The normalized spacial score (nSPS) is 11.4. The van der Waals surface area contributed by atoms with E-state index in [4.69, 9.17) is 14.3 Å². The molecule has 1 heterocycles. The fourth-order valence-electron chi connectivity index (χ4n) is 1.69. The van der Waals surface area contributed by atoms with Gasteiger partial charge in [0.25, 0.3) is 5.89 Å². The highest BCUT2D eigenvalue weighted by molar-refractivity contribution is 5.91. The lowest BCUT2D eigenvalue weighted by Gasteiger charge is -2.11. The number of aryl methyl sites for hydroxylation is 1. The molecule has 0 aliphatic heterocycles. The van der Waals surface area contributed by atoms with E-state index in [9.17, 15) is 4.79 Å². The molecular formula is C15H18N2O4. The molecule has 0 saturated carbocycles. The van der Waals surface area contributed by atoms with Crippen LogP contribution in [0.5, 0.6) is 5.75 Å². The van der Waals surface area contributed by atoms with Crippen molar-refractivity contribution in [3.8, 4) is 5.75 Å². The molecule has 112 valence electrons. The van der Waals surface area contributed by atoms with E-state index >= 15 is 0 Å². The van der Waals surface area contributed by atoms with Crippen LogP contribution in [0.3, 0.4) is 0 Å². The average molecular weight is 290 g/mol. The van der Waals surface area contributed by atoms with E-state index in [0.29, 0.717) is 11.8 Å². The summed E-state index contributed by atoms with van der Waals surface area (Å²) < 4.78 is 11.0. The van der Waals surface area contributed by atoms with Crippen molar-refractivity contribution in [2.45, 2.75) is 39.7 Å². The topological polar surface area (TPSA) is 85.5 Å². The number of nitrogens with zero attached hydrogens (tertiary/aromatic N) is 2. The third-order valence-corrected chi connectivity index (χ3v) is 2.83. The minimum Gasteiger partial charge on any atom is -0.483 e. The Kier molecular flexibility index (Phi) is 3.97. The number of rotatable bonds is 4. The quantitative estimate of drug-likeness (QED) is 0.931. The van der Waals surface area contributed by atoms with Crippen LogP contribution in [0.15, 0.2) is 22.6 Å². The van der Waals surface area contributed by atoms with Gasteiger partial charge in [0, 0.05) is 5.41 Å². The van der Waals surface area contributed by atoms with E-state index in [-0.39, 0.29) is 23.3 Å². The molecule has 6 nitrogen and oxygen atoms in total. The van der Waals surface area contributed by atoms with Crippen molar-refractivity contribution in [2.24, 2.45) is 0 Å². The maximum absolute atomic E-state index is 11.2. The van der Waals surface area contributed by atoms with Gasteiger partial charge in [0.2, 0.25) is 5.89 Å². The Balaban J connectivity index is 2.13. The second-order valence-electron chi connectivity index (χ2n) is 5.84. The number of ether oxygens (including phenoxy) is 1. The molecule has 0 amide bonds. The molecule has 1 aromatic heterocycles. The second-order valence-corrected chi connectivity index (χ2v) is 5.84. The van der Waals surface area contributed by atoms with Crippen molar-refractivity contribution in [1.82, 2.24) is 10.2 Å². The van der Waals surface area contributed by atoms with Gasteiger partial charge in [-0.3, -0.25) is 0 Å². The van der Waals surface area contributed by atoms with E-state index in [1.165, 1.54) is 0 Å². The molecule has 1 aromatic carbocycles. The van der Waals surface area contributed by atoms with E-state index in [0.717, 1.165) is 5.56 Å². The number of hydrogen-bond acceptors (Lipinski definition) is 5. The Morgan fingerprint density at radius 3 is 2.62 bits per heavy atom. The summed E-state index contributed by atoms with van der Waals surface area (Å²) in [6.07, 6.45) is 0. The molecule has 2 rings (SSSR count). The zero-order valence-corrected chi connectivity index (χ0v) is 12.5. The Bertz CT molecular complexity index is 656. The van der Waals surface area contributed by atoms with E-state index < -0.39 is 5.97 Å². The molecule has 0 radical (unpaired) electrons. The van der Waals surface area contributed by atoms with Gasteiger partial charge in [-0.2, -0.15) is 0 Å². The SMILES string of the molecule is Cc1ccc(OCc2nnc(C(C)(C)C)o2)c(C(=O)O)c1. The molecule has 6 heteroatoms. The summed E-state index contributed by atoms with van der Waals surface area (Å²) in [6, 6.07) is 4.97. The van der Waals surface area contributed by atoms with Crippen molar-refractivity contribution in [1.29, 1.82) is 0 Å². The van der Waals surface area contributed by atoms with Gasteiger partial charge in [0.05, 0.1) is 0 Å². The molecule has 0 unspecified atom stereocenters. The maximum atomic E-state index is 11.2. The van der Waals surface area contributed by atoms with Gasteiger partial charge in [0.1, 0.15) is 11.3 Å². The Labute approximate surface area is 122 Å². The first-order valence-corrected chi connectivity index (χ1v) is 6.57. The zero-order chi connectivity index (χ0) is 15.6. The number of carboxylic acids is 1. The third-order valence-electron chi connectivity index (χ3n) is 2.83. The molecule has 1 N–H and O–H groups in total. The second kappa shape index (κ2) is 5.55. The smallest absolute Gasteiger partial charge is 0.339 e. The average Bonchev–Trinajstić information content (AvgIpc) is 2.85. The van der Waals surface area contributed by atoms with E-state index in [1.54, 1.807) is 18.2 Å². The van der Waals surface area contributed by atoms with Gasteiger partial charge >= 0.3 is 5.97 Å². The van der Waals surface area contributed by atoms with E-state index in [2.05, 4.69) is 10.2 Å². The van der Waals surface area contributed by atoms with E-state index in [1.807, 2.05) is 27.7 Å². The molecule has 0 atom stereocenters. The van der Waals surface area contributed by atoms with Crippen LogP contribution in [0.4, 0.5) is 0 Å². The summed E-state index contributed by atoms with van der Waals surface area (Å²) in [4.78, 5) is 11.2. The fourth-order valence-corrected chi connectivity index (χ4v) is 1.69. The minimum absolute atomic E-state index is 0.0341. The zero-order valence-electron chi connectivity index (χ0n) is 12.5. The lowest BCUT2D eigenvalue weighted by molar-refractivity contribution is 0.0691. The number of aromatic nitrogens is 2. The molecular weight excluding hydrogens is 272 g/mol. The number of benzene rings is 1. The van der Waals surface area contributed by atoms with Crippen LogP contribution < -0.4 is 4.74 Å². The highest BCUT2D eigenvalue weighted by atomic mass is 16.5. The molecule has 0 aliphatic rings. The van der Waals surface area contributed by atoms with Crippen LogP contribution in [0, 0.1) is 6.92 Å². The summed E-state index contributed by atoms with van der Waals surface area (Å²) in [5.41, 5.74) is 0.736. The van der Waals surface area contributed by atoms with Gasteiger partial charge in [-0.15, -0.1) is 10.2 Å². The van der Waals surface area contributed by atoms with Crippen LogP contribution in [-0.2, 0) is 12.0 Å². The predicted octanol–water partition coefficient (Wildman–Crippen LogP) is 2.95. The van der Waals surface area contributed by atoms with Gasteiger partial charge in [0.15, 0.2) is 6.61 Å². The largest absolute Gasteiger partial charge is 0.483 e. The Morgan fingerprint density at radius 1 is 1.33 bits per heavy atom. The van der Waals surface area contributed by atoms with Gasteiger partial charge < -0.3 is 14.3 Å². The van der Waals surface area contributed by atoms with Crippen molar-refractivity contribution in [3.05, 3.63) is 41.1 Å². The molecule has 2 aromatic rings. The third kappa shape index (κ3) is 3.59. The molecule has 0 saturated heterocycles. The van der Waals surface area contributed by atoms with Gasteiger partial charge in [-0.1, -0.05) is 32.4 Å². The summed E-state index contributed by atoms with van der Waals surface area (Å²) >= 11 is 0. The molecule has 0 bridgehead atoms. The summed E-state index contributed by atoms with van der Waals surface area (Å²) in [7, 11) is 0. The standard InChI is InChI=1S/C15H18N2O4/c1-9-5-6-11(10(7-9)13(18)19)20-8-12-16-17-14(21-12)15(2,3)4/h5-7H,8H2,1-4H3,(H,18,19). The number of carbonyl (C=O) groups is 1. The monoisotopic (exact) mass is 290 g/mol. The maximum Gasteiger partial charge on any atom is 0.339 e. The number of hydrogen-bond donors (Lipinski definition) is 1. The Hall–Kier alpha value is -2.37. The minimum atomic E-state index is -1.03. The van der Waals surface area contributed by atoms with Crippen LogP contribution in [0.2, 0.25) is 0 Å². The van der Waals surface area contributed by atoms with Crippen molar-refractivity contribution < 1.29 is 19.1 Å². The lowest BCUT2D eigenvalue weighted by Crippen LogP contribution is -2.11. The molecule has 21 heavy (non-hydrogen) atoms. The first kappa shape index (κ1) is 15.0. The van der Waals surface area contributed by atoms with Crippen molar-refractivity contribution in [2.75, 3.05) is 0 Å². The fraction of sp³-hybridized carbons (Fsp3) is 0.400. The first-order chi connectivity index (χ1) is 9.77. The van der Waals surface area contributed by atoms with Crippen LogP contribution in [0.1, 0.15) is 48.5 Å². The van der Waals surface area contributed by atoms with Gasteiger partial charge in [-0.25, -0.2) is 4.79 Å². The van der Waals surface area contributed by atoms with Crippen molar-refractivity contribution >= 4 is 5.97 Å². The van der Waals surface area contributed by atoms with Gasteiger partial charge in [-0.05, 0) is 19.1 Å². The van der Waals surface area contributed by atoms with Crippen molar-refractivity contribution in [3.63, 3.8) is 0 Å². The summed E-state index contributed by atoms with van der Waals surface area (Å²) in [5, 5.41) is 17.0. The first-order valence-electron chi connectivity index (χ1n) is 6.57. The summed E-state index contributed by atoms with van der Waals surface area (Å²) in [5.74, 6) is 0.0820. The van der Waals surface area contributed by atoms with Crippen LogP contribution in [-0.4, -0.2) is 21.3 Å². The molecule has 0 aliphatic carbocycles. The highest BCUT2D eigenvalue weighted by Crippen LogP contribution is 2.23. The number of carboxylic acid groups (broad SMARTS) is 1. The predicted molar refractivity (Wildman–Crippen MR) is 75.5 cm³/mol. The highest BCUT2D eigenvalue weighted by Gasteiger charge is 2.21. The molecule has 0 spiro atoms. The number of aromatic carboxylic acids is 1. The Morgan fingerprint density at radius 2 is 2.05 bits per heavy atom.